The Bertz CT molecular complexity index is 413. The van der Waals surface area contributed by atoms with Crippen molar-refractivity contribution >= 4 is 17.5 Å². The highest BCUT2D eigenvalue weighted by Crippen LogP contribution is 2.19. The van der Waals surface area contributed by atoms with Crippen LogP contribution < -0.4 is 5.32 Å². The molecule has 2 rings (SSSR count). The van der Waals surface area contributed by atoms with Crippen LogP contribution in [0.25, 0.3) is 0 Å². The summed E-state index contributed by atoms with van der Waals surface area (Å²) in [6.45, 7) is 2.01. The van der Waals surface area contributed by atoms with Crippen LogP contribution in [-0.4, -0.2) is 25.7 Å². The number of ether oxygens (including phenoxy) is 1. The van der Waals surface area contributed by atoms with Crippen LogP contribution in [0.3, 0.4) is 0 Å². The van der Waals surface area contributed by atoms with Gasteiger partial charge in [0, 0.05) is 29.7 Å². The van der Waals surface area contributed by atoms with Crippen molar-refractivity contribution in [3.63, 3.8) is 0 Å². The fourth-order valence-corrected chi connectivity index (χ4v) is 2.16. The second-order valence-electron chi connectivity index (χ2n) is 4.41. The van der Waals surface area contributed by atoms with E-state index in [1.54, 1.807) is 6.07 Å². The van der Waals surface area contributed by atoms with E-state index in [2.05, 4.69) is 5.32 Å². The first-order valence-corrected chi connectivity index (χ1v) is 6.32. The first-order chi connectivity index (χ1) is 8.66. The minimum atomic E-state index is -0.443. The van der Waals surface area contributed by atoms with Crippen molar-refractivity contribution in [3.05, 3.63) is 34.6 Å². The summed E-state index contributed by atoms with van der Waals surface area (Å²) in [5, 5.41) is 3.07. The summed E-state index contributed by atoms with van der Waals surface area (Å²) in [4.78, 5) is 11.7. The van der Waals surface area contributed by atoms with Crippen LogP contribution in [0.5, 0.6) is 0 Å². The Kier molecular flexibility index (Phi) is 4.55. The van der Waals surface area contributed by atoms with Crippen molar-refractivity contribution in [2.75, 3.05) is 19.8 Å². The molecule has 98 valence electrons. The first kappa shape index (κ1) is 13.3. The van der Waals surface area contributed by atoms with Crippen molar-refractivity contribution < 1.29 is 13.9 Å². The topological polar surface area (TPSA) is 38.3 Å². The zero-order chi connectivity index (χ0) is 13.0. The maximum atomic E-state index is 13.5. The largest absolute Gasteiger partial charge is 0.381 e. The molecule has 1 atom stereocenters. The molecule has 18 heavy (non-hydrogen) atoms. The molecule has 1 aliphatic heterocycles. The van der Waals surface area contributed by atoms with E-state index in [0.29, 0.717) is 19.1 Å². The third kappa shape index (κ3) is 3.43. The second kappa shape index (κ2) is 6.16. The zero-order valence-electron chi connectivity index (χ0n) is 9.92. The second-order valence-corrected chi connectivity index (χ2v) is 4.82. The van der Waals surface area contributed by atoms with E-state index in [0.717, 1.165) is 13.0 Å². The molecule has 5 heteroatoms. The van der Waals surface area contributed by atoms with Crippen LogP contribution >= 0.6 is 11.6 Å². The minimum Gasteiger partial charge on any atom is -0.381 e. The molecule has 1 N–H and O–H groups in total. The van der Waals surface area contributed by atoms with Crippen LogP contribution in [0.4, 0.5) is 4.39 Å². The lowest BCUT2D eigenvalue weighted by Crippen LogP contribution is -2.31. The van der Waals surface area contributed by atoms with Gasteiger partial charge in [0.15, 0.2) is 0 Å². The lowest BCUT2D eigenvalue weighted by atomic mass is 10.1. The Morgan fingerprint density at radius 3 is 3.06 bits per heavy atom. The van der Waals surface area contributed by atoms with Crippen LogP contribution in [-0.2, 0) is 16.0 Å². The average molecular weight is 272 g/mol. The Hall–Kier alpha value is -1.13. The van der Waals surface area contributed by atoms with Gasteiger partial charge in [-0.15, -0.1) is 0 Å². The minimum absolute atomic E-state index is 0.0287. The quantitative estimate of drug-likeness (QED) is 0.912. The summed E-state index contributed by atoms with van der Waals surface area (Å²) in [5.74, 6) is -0.291. The van der Waals surface area contributed by atoms with Gasteiger partial charge < -0.3 is 10.1 Å². The molecule has 0 aliphatic carbocycles. The summed E-state index contributed by atoms with van der Waals surface area (Å²) < 4.78 is 18.7. The molecular formula is C13H15ClFNO2. The van der Waals surface area contributed by atoms with Gasteiger partial charge in [-0.05, 0) is 18.6 Å². The smallest absolute Gasteiger partial charge is 0.224 e. The van der Waals surface area contributed by atoms with Crippen molar-refractivity contribution in [1.29, 1.82) is 0 Å². The Labute approximate surface area is 110 Å². The molecule has 0 saturated carbocycles. The molecule has 1 saturated heterocycles. The first-order valence-electron chi connectivity index (χ1n) is 5.94. The molecule has 3 nitrogen and oxygen atoms in total. The van der Waals surface area contributed by atoms with Gasteiger partial charge in [0.1, 0.15) is 5.82 Å². The van der Waals surface area contributed by atoms with Crippen molar-refractivity contribution in [2.45, 2.75) is 12.8 Å². The van der Waals surface area contributed by atoms with Crippen molar-refractivity contribution in [1.82, 2.24) is 5.32 Å². The standard InChI is InChI=1S/C13H15ClFNO2/c14-11-2-1-3-12(15)10(11)6-13(17)16-7-9-4-5-18-8-9/h1-3,9H,4-8H2,(H,16,17). The number of halogens is 2. The van der Waals surface area contributed by atoms with E-state index in [1.165, 1.54) is 12.1 Å². The maximum absolute atomic E-state index is 13.5. The predicted octanol–water partition coefficient (Wildman–Crippen LogP) is 2.17. The summed E-state index contributed by atoms with van der Waals surface area (Å²) in [6, 6.07) is 4.41. The SMILES string of the molecule is O=C(Cc1c(F)cccc1Cl)NCC1CCOC1. The average Bonchev–Trinajstić information content (AvgIpc) is 2.84. The number of carbonyl (C=O) groups is 1. The maximum Gasteiger partial charge on any atom is 0.224 e. The van der Waals surface area contributed by atoms with E-state index in [-0.39, 0.29) is 22.9 Å². The highest BCUT2D eigenvalue weighted by Gasteiger charge is 2.17. The lowest BCUT2D eigenvalue weighted by Gasteiger charge is -2.10. The normalized spacial score (nSPS) is 18.9. The van der Waals surface area contributed by atoms with Gasteiger partial charge >= 0.3 is 0 Å². The molecule has 0 radical (unpaired) electrons. The van der Waals surface area contributed by atoms with Crippen LogP contribution in [0, 0.1) is 11.7 Å². The van der Waals surface area contributed by atoms with Crippen LogP contribution in [0.1, 0.15) is 12.0 Å². The number of hydrogen-bond acceptors (Lipinski definition) is 2. The molecule has 1 unspecified atom stereocenters. The van der Waals surface area contributed by atoms with Gasteiger partial charge in [0.2, 0.25) is 5.91 Å². The highest BCUT2D eigenvalue weighted by molar-refractivity contribution is 6.31. The van der Waals surface area contributed by atoms with E-state index < -0.39 is 5.82 Å². The molecule has 1 heterocycles. The summed E-state index contributed by atoms with van der Waals surface area (Å²) in [5.41, 5.74) is 0.249. The van der Waals surface area contributed by atoms with Crippen molar-refractivity contribution in [3.8, 4) is 0 Å². The van der Waals surface area contributed by atoms with E-state index in [9.17, 15) is 9.18 Å². The van der Waals surface area contributed by atoms with Crippen LogP contribution in [0.2, 0.25) is 5.02 Å². The van der Waals surface area contributed by atoms with E-state index >= 15 is 0 Å². The highest BCUT2D eigenvalue weighted by atomic mass is 35.5. The fourth-order valence-electron chi connectivity index (χ4n) is 1.93. The number of carbonyl (C=O) groups excluding carboxylic acids is 1. The molecule has 1 fully saturated rings. The van der Waals surface area contributed by atoms with Gasteiger partial charge in [-0.25, -0.2) is 4.39 Å². The predicted molar refractivity (Wildman–Crippen MR) is 67.0 cm³/mol. The molecule has 0 aromatic heterocycles. The molecule has 0 spiro atoms. The Balaban J connectivity index is 1.86. The summed E-state index contributed by atoms with van der Waals surface area (Å²) in [7, 11) is 0. The Morgan fingerprint density at radius 1 is 1.56 bits per heavy atom. The van der Waals surface area contributed by atoms with Gasteiger partial charge in [0.25, 0.3) is 0 Å². The zero-order valence-corrected chi connectivity index (χ0v) is 10.7. The van der Waals surface area contributed by atoms with Crippen molar-refractivity contribution in [2.24, 2.45) is 5.92 Å². The van der Waals surface area contributed by atoms with Crippen LogP contribution in [0.15, 0.2) is 18.2 Å². The number of hydrogen-bond donors (Lipinski definition) is 1. The molecule has 1 aromatic rings. The lowest BCUT2D eigenvalue weighted by molar-refractivity contribution is -0.120. The number of nitrogens with one attached hydrogen (secondary N) is 1. The molecular weight excluding hydrogens is 257 g/mol. The molecule has 1 aromatic carbocycles. The van der Waals surface area contributed by atoms with Gasteiger partial charge in [0.05, 0.1) is 13.0 Å². The van der Waals surface area contributed by atoms with Gasteiger partial charge in [-0.3, -0.25) is 4.79 Å². The van der Waals surface area contributed by atoms with E-state index in [4.69, 9.17) is 16.3 Å². The van der Waals surface area contributed by atoms with Gasteiger partial charge in [-0.2, -0.15) is 0 Å². The van der Waals surface area contributed by atoms with E-state index in [1.807, 2.05) is 0 Å². The fraction of sp³-hybridized carbons (Fsp3) is 0.462. The van der Waals surface area contributed by atoms with Gasteiger partial charge in [-0.1, -0.05) is 17.7 Å². The number of amides is 1. The molecule has 0 bridgehead atoms. The molecule has 1 amide bonds. The Morgan fingerprint density at radius 2 is 2.39 bits per heavy atom. The monoisotopic (exact) mass is 271 g/mol. The number of rotatable bonds is 4. The third-order valence-corrected chi connectivity index (χ3v) is 3.37. The number of benzene rings is 1. The third-order valence-electron chi connectivity index (χ3n) is 3.01. The summed E-state index contributed by atoms with van der Waals surface area (Å²) in [6.07, 6.45) is 0.930. The molecule has 1 aliphatic rings. The summed E-state index contributed by atoms with van der Waals surface area (Å²) >= 11 is 5.86.